The largest absolute Gasteiger partial charge is 0.309 e. The average Bonchev–Trinajstić information content (AvgIpc) is 2.38. The van der Waals surface area contributed by atoms with Crippen LogP contribution < -0.4 is 10.9 Å². The number of halogens is 1. The number of H-pyrrole nitrogens is 1. The lowest BCUT2D eigenvalue weighted by Crippen LogP contribution is -2.28. The van der Waals surface area contributed by atoms with Gasteiger partial charge < -0.3 is 10.3 Å². The van der Waals surface area contributed by atoms with Crippen molar-refractivity contribution in [3.05, 3.63) is 39.4 Å². The minimum atomic E-state index is -0.119. The number of rotatable bonds is 5. The highest BCUT2D eigenvalue weighted by Crippen LogP contribution is 2.17. The van der Waals surface area contributed by atoms with Crippen molar-refractivity contribution in [1.82, 2.24) is 15.3 Å². The van der Waals surface area contributed by atoms with Crippen molar-refractivity contribution in [1.29, 1.82) is 0 Å². The van der Waals surface area contributed by atoms with Crippen LogP contribution in [-0.2, 0) is 0 Å². The van der Waals surface area contributed by atoms with Gasteiger partial charge in [-0.1, -0.05) is 32.4 Å². The maximum atomic E-state index is 12.1. The van der Waals surface area contributed by atoms with E-state index in [1.54, 1.807) is 18.2 Å². The lowest BCUT2D eigenvalue weighted by atomic mass is 10.1. The van der Waals surface area contributed by atoms with Crippen LogP contribution >= 0.6 is 11.6 Å². The number of nitrogens with one attached hydrogen (secondary N) is 2. The van der Waals surface area contributed by atoms with Crippen LogP contribution in [0.3, 0.4) is 0 Å². The van der Waals surface area contributed by atoms with E-state index in [9.17, 15) is 4.79 Å². The topological polar surface area (TPSA) is 57.8 Å². The number of benzene rings is 1. The van der Waals surface area contributed by atoms with E-state index in [1.165, 1.54) is 0 Å². The molecule has 1 aromatic heterocycles. The molecule has 1 aromatic carbocycles. The fraction of sp³-hybridized carbons (Fsp3) is 0.467. The molecular weight excluding hydrogens is 274 g/mol. The normalized spacial score (nSPS) is 13.1. The summed E-state index contributed by atoms with van der Waals surface area (Å²) < 4.78 is 0. The molecule has 20 heavy (non-hydrogen) atoms. The van der Waals surface area contributed by atoms with Crippen LogP contribution in [0.1, 0.15) is 39.1 Å². The first-order valence-corrected chi connectivity index (χ1v) is 7.32. The summed E-state index contributed by atoms with van der Waals surface area (Å²) >= 11 is 5.97. The van der Waals surface area contributed by atoms with E-state index in [0.717, 1.165) is 13.0 Å². The number of hydrogen-bond acceptors (Lipinski definition) is 3. The van der Waals surface area contributed by atoms with Gasteiger partial charge in [-0.25, -0.2) is 4.98 Å². The Morgan fingerprint density at radius 1 is 1.40 bits per heavy atom. The van der Waals surface area contributed by atoms with Gasteiger partial charge in [-0.05, 0) is 37.1 Å². The van der Waals surface area contributed by atoms with E-state index in [4.69, 9.17) is 11.6 Å². The number of aromatic nitrogens is 2. The molecule has 5 heteroatoms. The molecule has 0 saturated carbocycles. The van der Waals surface area contributed by atoms with Gasteiger partial charge in [0.1, 0.15) is 5.82 Å². The summed E-state index contributed by atoms with van der Waals surface area (Å²) in [4.78, 5) is 19.5. The number of fused-ring (bicyclic) bond motifs is 1. The lowest BCUT2D eigenvalue weighted by Gasteiger charge is -2.18. The van der Waals surface area contributed by atoms with Crippen molar-refractivity contribution < 1.29 is 0 Å². The third-order valence-electron chi connectivity index (χ3n) is 3.20. The summed E-state index contributed by atoms with van der Waals surface area (Å²) in [5, 5.41) is 4.58. The molecule has 2 rings (SSSR count). The van der Waals surface area contributed by atoms with Gasteiger partial charge in [0.15, 0.2) is 0 Å². The van der Waals surface area contributed by atoms with E-state index in [1.807, 2.05) is 0 Å². The van der Waals surface area contributed by atoms with Gasteiger partial charge in [-0.15, -0.1) is 0 Å². The molecule has 2 aromatic rings. The fourth-order valence-corrected chi connectivity index (χ4v) is 2.27. The summed E-state index contributed by atoms with van der Waals surface area (Å²) in [6.07, 6.45) is 0.863. The molecule has 0 aliphatic heterocycles. The third kappa shape index (κ3) is 3.38. The number of nitrogens with zero attached hydrogens (tertiary/aromatic N) is 1. The first kappa shape index (κ1) is 15.0. The first-order valence-electron chi connectivity index (χ1n) is 6.94. The van der Waals surface area contributed by atoms with Crippen molar-refractivity contribution in [2.75, 3.05) is 6.54 Å². The minimum Gasteiger partial charge on any atom is -0.309 e. The maximum Gasteiger partial charge on any atom is 0.258 e. The molecule has 0 radical (unpaired) electrons. The summed E-state index contributed by atoms with van der Waals surface area (Å²) in [6.45, 7) is 7.25. The van der Waals surface area contributed by atoms with Gasteiger partial charge in [0.2, 0.25) is 0 Å². The van der Waals surface area contributed by atoms with E-state index >= 15 is 0 Å². The van der Waals surface area contributed by atoms with Crippen molar-refractivity contribution in [2.45, 2.75) is 33.2 Å². The highest BCUT2D eigenvalue weighted by molar-refractivity contribution is 6.31. The molecule has 4 nitrogen and oxygen atoms in total. The highest BCUT2D eigenvalue weighted by atomic mass is 35.5. The molecule has 0 aliphatic rings. The van der Waals surface area contributed by atoms with Gasteiger partial charge in [-0.3, -0.25) is 4.79 Å². The lowest BCUT2D eigenvalue weighted by molar-refractivity contribution is 0.449. The van der Waals surface area contributed by atoms with E-state index < -0.39 is 0 Å². The molecule has 0 unspecified atom stereocenters. The second kappa shape index (κ2) is 6.37. The predicted octanol–water partition coefficient (Wildman–Crippen LogP) is 3.27. The Labute approximate surface area is 123 Å². The van der Waals surface area contributed by atoms with Gasteiger partial charge in [0, 0.05) is 5.02 Å². The zero-order valence-electron chi connectivity index (χ0n) is 12.0. The van der Waals surface area contributed by atoms with Gasteiger partial charge in [0.05, 0.1) is 16.9 Å². The van der Waals surface area contributed by atoms with Gasteiger partial charge in [0.25, 0.3) is 5.56 Å². The molecule has 0 fully saturated rings. The van der Waals surface area contributed by atoms with Crippen molar-refractivity contribution in [2.24, 2.45) is 5.92 Å². The SMILES string of the molecule is CC[C@H](NCC(C)C)c1nc2cc(Cl)ccc2c(=O)[nH]1. The van der Waals surface area contributed by atoms with Crippen LogP contribution in [0.2, 0.25) is 5.02 Å². The van der Waals surface area contributed by atoms with Crippen LogP contribution in [0.25, 0.3) is 10.9 Å². The Morgan fingerprint density at radius 3 is 2.80 bits per heavy atom. The van der Waals surface area contributed by atoms with E-state index in [2.05, 4.69) is 36.1 Å². The molecule has 0 aliphatic carbocycles. The first-order chi connectivity index (χ1) is 9.51. The monoisotopic (exact) mass is 293 g/mol. The van der Waals surface area contributed by atoms with Crippen LogP contribution in [-0.4, -0.2) is 16.5 Å². The Bertz CT molecular complexity index is 651. The molecule has 108 valence electrons. The van der Waals surface area contributed by atoms with Crippen molar-refractivity contribution in [3.8, 4) is 0 Å². The Hall–Kier alpha value is -1.39. The second-order valence-corrected chi connectivity index (χ2v) is 5.81. The van der Waals surface area contributed by atoms with Crippen molar-refractivity contribution in [3.63, 3.8) is 0 Å². The standard InChI is InChI=1S/C15H20ClN3O/c1-4-12(17-8-9(2)3)14-18-13-7-10(16)5-6-11(13)15(20)19-14/h5-7,9,12,17H,4,8H2,1-3H3,(H,18,19,20)/t12-/m0/s1. The summed E-state index contributed by atoms with van der Waals surface area (Å²) in [5.41, 5.74) is 0.521. The molecule has 1 atom stereocenters. The molecule has 0 spiro atoms. The smallest absolute Gasteiger partial charge is 0.258 e. The molecule has 0 bridgehead atoms. The third-order valence-corrected chi connectivity index (χ3v) is 3.43. The highest BCUT2D eigenvalue weighted by Gasteiger charge is 2.14. The van der Waals surface area contributed by atoms with Gasteiger partial charge >= 0.3 is 0 Å². The van der Waals surface area contributed by atoms with Gasteiger partial charge in [-0.2, -0.15) is 0 Å². The van der Waals surface area contributed by atoms with Crippen LogP contribution in [0.5, 0.6) is 0 Å². The Balaban J connectivity index is 2.40. The van der Waals surface area contributed by atoms with E-state index in [-0.39, 0.29) is 11.6 Å². The average molecular weight is 294 g/mol. The molecule has 0 amide bonds. The quantitative estimate of drug-likeness (QED) is 0.889. The predicted molar refractivity (Wildman–Crippen MR) is 83.2 cm³/mol. The molecule has 1 heterocycles. The second-order valence-electron chi connectivity index (χ2n) is 5.38. The summed E-state index contributed by atoms with van der Waals surface area (Å²) in [6, 6.07) is 5.18. The molecule has 2 N–H and O–H groups in total. The van der Waals surface area contributed by atoms with Crippen molar-refractivity contribution >= 4 is 22.5 Å². The zero-order valence-corrected chi connectivity index (χ0v) is 12.8. The Morgan fingerprint density at radius 2 is 2.15 bits per heavy atom. The minimum absolute atomic E-state index is 0.0495. The zero-order chi connectivity index (χ0) is 14.7. The summed E-state index contributed by atoms with van der Waals surface area (Å²) in [7, 11) is 0. The van der Waals surface area contributed by atoms with Crippen LogP contribution in [0.4, 0.5) is 0 Å². The Kier molecular flexibility index (Phi) is 4.78. The maximum absolute atomic E-state index is 12.1. The van der Waals surface area contributed by atoms with E-state index in [0.29, 0.717) is 27.7 Å². The molecular formula is C15H20ClN3O. The van der Waals surface area contributed by atoms with Crippen LogP contribution in [0.15, 0.2) is 23.0 Å². The van der Waals surface area contributed by atoms with Crippen LogP contribution in [0, 0.1) is 5.92 Å². The number of aromatic amines is 1. The summed E-state index contributed by atoms with van der Waals surface area (Å²) in [5.74, 6) is 1.22. The number of hydrogen-bond donors (Lipinski definition) is 2. The molecule has 0 saturated heterocycles. The fourth-order valence-electron chi connectivity index (χ4n) is 2.11.